The van der Waals surface area contributed by atoms with E-state index in [1.54, 1.807) is 42.5 Å². The van der Waals surface area contributed by atoms with Crippen LogP contribution in [0.2, 0.25) is 0 Å². The first-order valence-corrected chi connectivity index (χ1v) is 11.0. The average Bonchev–Trinajstić information content (AvgIpc) is 2.87. The lowest BCUT2D eigenvalue weighted by atomic mass is 9.90. The summed E-state index contributed by atoms with van der Waals surface area (Å²) < 4.78 is 82.7. The zero-order valence-corrected chi connectivity index (χ0v) is 18.8. The quantitative estimate of drug-likeness (QED) is 0.233. The van der Waals surface area contributed by atoms with Gasteiger partial charge in [0, 0.05) is 17.1 Å². The van der Waals surface area contributed by atoms with Gasteiger partial charge in [-0.25, -0.2) is 4.98 Å². The topological polar surface area (TPSA) is 34.9 Å². The zero-order valence-electron chi connectivity index (χ0n) is 18.8. The molecule has 186 valence electrons. The van der Waals surface area contributed by atoms with Gasteiger partial charge in [0.2, 0.25) is 0 Å². The molecule has 0 bridgehead atoms. The third kappa shape index (κ3) is 4.48. The Morgan fingerprint density at radius 2 is 1.19 bits per heavy atom. The number of hydrogen-bond donors (Lipinski definition) is 0. The minimum Gasteiger partial charge on any atom is -0.268 e. The fourth-order valence-corrected chi connectivity index (χ4v) is 4.33. The summed E-state index contributed by atoms with van der Waals surface area (Å²) in [6, 6.07) is 19.9. The Balaban J connectivity index is 1.96. The van der Waals surface area contributed by atoms with E-state index in [4.69, 9.17) is 0 Å². The normalized spacial score (nSPS) is 12.2. The van der Waals surface area contributed by atoms with E-state index in [0.717, 1.165) is 30.3 Å². The molecule has 2 aromatic heterocycles. The molecule has 0 spiro atoms. The molecule has 0 saturated carbocycles. The van der Waals surface area contributed by atoms with E-state index in [1.807, 2.05) is 0 Å². The maximum Gasteiger partial charge on any atom is 0.416 e. The van der Waals surface area contributed by atoms with E-state index in [1.165, 1.54) is 29.0 Å². The van der Waals surface area contributed by atoms with Crippen molar-refractivity contribution >= 4 is 10.9 Å². The second kappa shape index (κ2) is 8.92. The molecule has 0 aliphatic carbocycles. The minimum atomic E-state index is -4.69. The van der Waals surface area contributed by atoms with Crippen molar-refractivity contribution in [3.63, 3.8) is 0 Å². The fourth-order valence-electron chi connectivity index (χ4n) is 4.33. The molecule has 0 amide bonds. The van der Waals surface area contributed by atoms with E-state index in [2.05, 4.69) is 4.98 Å². The van der Waals surface area contributed by atoms with Gasteiger partial charge in [0.25, 0.3) is 5.56 Å². The summed E-state index contributed by atoms with van der Waals surface area (Å²) in [6.45, 7) is 0. The Morgan fingerprint density at radius 1 is 0.622 bits per heavy atom. The van der Waals surface area contributed by atoms with Crippen molar-refractivity contribution < 1.29 is 26.3 Å². The summed E-state index contributed by atoms with van der Waals surface area (Å²) >= 11 is 0. The summed E-state index contributed by atoms with van der Waals surface area (Å²) in [4.78, 5) is 18.3. The monoisotopic (exact) mass is 510 g/mol. The van der Waals surface area contributed by atoms with E-state index < -0.39 is 29.0 Å². The summed E-state index contributed by atoms with van der Waals surface area (Å²) in [5.41, 5.74) is -2.42. The highest BCUT2D eigenvalue weighted by Gasteiger charge is 2.33. The number of halogens is 6. The zero-order chi connectivity index (χ0) is 26.4. The standard InChI is InChI=1S/C28H16F6N2O/c29-27(30,31)19-9-5-7-17(15-19)24-21-11-1-2-12-22(21)36(23-13-3-4-14-35-23)26(37)25(24)18-8-6-10-20(16-18)28(32,33)34/h1-16H. The first-order valence-electron chi connectivity index (χ1n) is 11.0. The summed E-state index contributed by atoms with van der Waals surface area (Å²) in [7, 11) is 0. The molecule has 5 aromatic rings. The Bertz CT molecular complexity index is 1670. The van der Waals surface area contributed by atoms with Gasteiger partial charge in [-0.2, -0.15) is 26.3 Å². The van der Waals surface area contributed by atoms with Crippen molar-refractivity contribution in [2.75, 3.05) is 0 Å². The predicted octanol–water partition coefficient (Wildman–Crippen LogP) is 7.76. The van der Waals surface area contributed by atoms with Crippen LogP contribution in [-0.2, 0) is 12.4 Å². The molecule has 3 aromatic carbocycles. The highest BCUT2D eigenvalue weighted by molar-refractivity contribution is 6.03. The number of fused-ring (bicyclic) bond motifs is 1. The molecule has 0 aliphatic rings. The molecule has 0 N–H and O–H groups in total. The number of hydrogen-bond acceptors (Lipinski definition) is 2. The van der Waals surface area contributed by atoms with E-state index >= 15 is 0 Å². The fraction of sp³-hybridized carbons (Fsp3) is 0.0714. The van der Waals surface area contributed by atoms with Gasteiger partial charge in [0.1, 0.15) is 5.82 Å². The second-order valence-electron chi connectivity index (χ2n) is 8.25. The highest BCUT2D eigenvalue weighted by atomic mass is 19.4. The van der Waals surface area contributed by atoms with Gasteiger partial charge in [0.15, 0.2) is 0 Å². The Labute approximate surface area is 206 Å². The van der Waals surface area contributed by atoms with Gasteiger partial charge in [0.05, 0.1) is 22.2 Å². The van der Waals surface area contributed by atoms with Gasteiger partial charge >= 0.3 is 12.4 Å². The SMILES string of the molecule is O=c1c(-c2cccc(C(F)(F)F)c2)c(-c2cccc(C(F)(F)F)c2)c2ccccc2n1-c1ccccn1. The third-order valence-corrected chi connectivity index (χ3v) is 5.92. The lowest BCUT2D eigenvalue weighted by Gasteiger charge is -2.19. The van der Waals surface area contributed by atoms with Crippen LogP contribution in [0.3, 0.4) is 0 Å². The number of alkyl halides is 6. The molecular formula is C28H16F6N2O. The van der Waals surface area contributed by atoms with Crippen molar-refractivity contribution in [1.82, 2.24) is 9.55 Å². The van der Waals surface area contributed by atoms with Crippen LogP contribution in [0.5, 0.6) is 0 Å². The predicted molar refractivity (Wildman–Crippen MR) is 128 cm³/mol. The van der Waals surface area contributed by atoms with Crippen LogP contribution in [-0.4, -0.2) is 9.55 Å². The summed E-state index contributed by atoms with van der Waals surface area (Å²) in [5.74, 6) is 0.215. The smallest absolute Gasteiger partial charge is 0.268 e. The number of benzene rings is 3. The molecule has 0 radical (unpaired) electrons. The van der Waals surface area contributed by atoms with E-state index in [0.29, 0.717) is 10.9 Å². The van der Waals surface area contributed by atoms with Crippen LogP contribution in [0.15, 0.2) is 102 Å². The molecule has 3 nitrogen and oxygen atoms in total. The number of para-hydroxylation sites is 1. The van der Waals surface area contributed by atoms with Crippen molar-refractivity contribution in [3.05, 3.63) is 119 Å². The molecule has 0 atom stereocenters. The Morgan fingerprint density at radius 3 is 1.76 bits per heavy atom. The molecule has 0 saturated heterocycles. The van der Waals surface area contributed by atoms with Crippen LogP contribution in [0.25, 0.3) is 39.0 Å². The largest absolute Gasteiger partial charge is 0.416 e. The Kier molecular flexibility index (Phi) is 5.86. The van der Waals surface area contributed by atoms with Gasteiger partial charge in [-0.3, -0.25) is 9.36 Å². The minimum absolute atomic E-state index is 0.0451. The van der Waals surface area contributed by atoms with Crippen molar-refractivity contribution in [3.8, 4) is 28.1 Å². The maximum absolute atomic E-state index is 14.0. The number of rotatable bonds is 3. The van der Waals surface area contributed by atoms with E-state index in [9.17, 15) is 31.1 Å². The van der Waals surface area contributed by atoms with Crippen LogP contribution < -0.4 is 5.56 Å². The Hall–Kier alpha value is -4.40. The molecule has 2 heterocycles. The van der Waals surface area contributed by atoms with Crippen LogP contribution in [0.1, 0.15) is 11.1 Å². The molecule has 0 fully saturated rings. The molecule has 0 aliphatic heterocycles. The van der Waals surface area contributed by atoms with Crippen LogP contribution >= 0.6 is 0 Å². The first-order chi connectivity index (χ1) is 17.6. The second-order valence-corrected chi connectivity index (χ2v) is 8.25. The van der Waals surface area contributed by atoms with Gasteiger partial charge < -0.3 is 0 Å². The summed E-state index contributed by atoms with van der Waals surface area (Å²) in [5, 5.41) is 0.375. The number of nitrogens with zero attached hydrogens (tertiary/aromatic N) is 2. The van der Waals surface area contributed by atoms with Gasteiger partial charge in [-0.1, -0.05) is 48.5 Å². The lowest BCUT2D eigenvalue weighted by Crippen LogP contribution is -2.23. The molecule has 5 rings (SSSR count). The van der Waals surface area contributed by atoms with Gasteiger partial charge in [-0.05, 0) is 53.6 Å². The van der Waals surface area contributed by atoms with Crippen molar-refractivity contribution in [1.29, 1.82) is 0 Å². The average molecular weight is 510 g/mol. The molecule has 0 unspecified atom stereocenters. The van der Waals surface area contributed by atoms with E-state index in [-0.39, 0.29) is 28.1 Å². The van der Waals surface area contributed by atoms with Crippen molar-refractivity contribution in [2.45, 2.75) is 12.4 Å². The van der Waals surface area contributed by atoms with Crippen LogP contribution in [0, 0.1) is 0 Å². The number of pyridine rings is 2. The van der Waals surface area contributed by atoms with Crippen molar-refractivity contribution in [2.24, 2.45) is 0 Å². The molecule has 37 heavy (non-hydrogen) atoms. The molecule has 9 heteroatoms. The third-order valence-electron chi connectivity index (χ3n) is 5.92. The summed E-state index contributed by atoms with van der Waals surface area (Å²) in [6.07, 6.45) is -7.89. The first kappa shape index (κ1) is 24.3. The highest BCUT2D eigenvalue weighted by Crippen LogP contribution is 2.40. The van der Waals surface area contributed by atoms with Gasteiger partial charge in [-0.15, -0.1) is 0 Å². The maximum atomic E-state index is 14.0. The molecular weight excluding hydrogens is 494 g/mol. The van der Waals surface area contributed by atoms with Crippen LogP contribution in [0.4, 0.5) is 26.3 Å². The number of aromatic nitrogens is 2. The lowest BCUT2D eigenvalue weighted by molar-refractivity contribution is -0.138.